The second kappa shape index (κ2) is 7.93. The number of carbonyl (C=O) groups is 2. The molecular weight excluding hydrogens is 407 g/mol. The molecule has 3 rings (SSSR count). The molecule has 0 aliphatic carbocycles. The summed E-state index contributed by atoms with van der Waals surface area (Å²) in [6.45, 7) is -0.0780. The molecule has 152 valence electrons. The van der Waals surface area contributed by atoms with Gasteiger partial charge in [0.15, 0.2) is 0 Å². The van der Waals surface area contributed by atoms with Gasteiger partial charge in [0.05, 0.1) is 22.1 Å². The van der Waals surface area contributed by atoms with Crippen molar-refractivity contribution in [2.75, 3.05) is 25.0 Å². The van der Waals surface area contributed by atoms with E-state index in [0.717, 1.165) is 28.6 Å². The van der Waals surface area contributed by atoms with E-state index in [1.165, 1.54) is 18.2 Å². The average Bonchev–Trinajstić information content (AvgIpc) is 2.69. The van der Waals surface area contributed by atoms with Crippen molar-refractivity contribution in [3.05, 3.63) is 64.0 Å². The van der Waals surface area contributed by atoms with Crippen molar-refractivity contribution in [3.8, 4) is 0 Å². The Morgan fingerprint density at radius 2 is 2.00 bits per heavy atom. The minimum absolute atomic E-state index is 0.0867. The molecule has 1 aliphatic heterocycles. The number of anilines is 1. The molecule has 29 heavy (non-hydrogen) atoms. The van der Waals surface area contributed by atoms with Crippen molar-refractivity contribution >= 4 is 33.2 Å². The highest BCUT2D eigenvalue weighted by Crippen LogP contribution is 2.23. The molecule has 0 atom stereocenters. The van der Waals surface area contributed by atoms with E-state index in [2.05, 4.69) is 10.6 Å². The lowest BCUT2D eigenvalue weighted by Gasteiger charge is -2.26. The lowest BCUT2D eigenvalue weighted by Crippen LogP contribution is -2.49. The van der Waals surface area contributed by atoms with E-state index in [-0.39, 0.29) is 30.1 Å². The van der Waals surface area contributed by atoms with Crippen LogP contribution in [-0.2, 0) is 14.8 Å². The lowest BCUT2D eigenvalue weighted by atomic mass is 10.2. The highest BCUT2D eigenvalue weighted by molar-refractivity contribution is 7.89. The normalized spacial score (nSPS) is 14.9. The number of rotatable bonds is 5. The Morgan fingerprint density at radius 1 is 1.24 bits per heavy atom. The van der Waals surface area contributed by atoms with Crippen molar-refractivity contribution in [2.45, 2.75) is 4.90 Å². The van der Waals surface area contributed by atoms with Gasteiger partial charge in [0.2, 0.25) is 15.9 Å². The van der Waals surface area contributed by atoms with E-state index in [1.807, 2.05) is 0 Å². The average molecular weight is 422 g/mol. The van der Waals surface area contributed by atoms with Gasteiger partial charge >= 0.3 is 0 Å². The summed E-state index contributed by atoms with van der Waals surface area (Å²) >= 11 is 0. The van der Waals surface area contributed by atoms with Crippen LogP contribution < -0.4 is 10.6 Å². The Hall–Kier alpha value is -3.38. The standard InChI is InChI=1S/C17H15FN4O6S/c18-14-5-4-12(22(25)26)9-15(14)20-17(24)11-2-1-3-13(8-11)29(27,28)21-7-6-19-16(23)10-21/h1-5,8-9H,6-7,10H2,(H,19,23)(H,20,24). The molecule has 1 heterocycles. The van der Waals surface area contributed by atoms with Crippen LogP contribution in [0.1, 0.15) is 10.4 Å². The molecule has 1 aliphatic rings. The van der Waals surface area contributed by atoms with Crippen LogP contribution in [0.25, 0.3) is 0 Å². The Kier molecular flexibility index (Phi) is 5.57. The predicted octanol–water partition coefficient (Wildman–Crippen LogP) is 1.11. The zero-order valence-electron chi connectivity index (χ0n) is 14.8. The minimum atomic E-state index is -4.02. The molecule has 1 fully saturated rings. The summed E-state index contributed by atoms with van der Waals surface area (Å²) in [5, 5.41) is 15.5. The van der Waals surface area contributed by atoms with E-state index in [1.54, 1.807) is 0 Å². The van der Waals surface area contributed by atoms with Gasteiger partial charge in [-0.05, 0) is 24.3 Å². The maximum atomic E-state index is 13.9. The van der Waals surface area contributed by atoms with Gasteiger partial charge < -0.3 is 10.6 Å². The Labute approximate surface area is 164 Å². The highest BCUT2D eigenvalue weighted by Gasteiger charge is 2.29. The largest absolute Gasteiger partial charge is 0.354 e. The summed E-state index contributed by atoms with van der Waals surface area (Å²) in [5.74, 6) is -2.17. The number of piperazine rings is 1. The fourth-order valence-corrected chi connectivity index (χ4v) is 4.13. The van der Waals surface area contributed by atoms with Gasteiger partial charge in [-0.3, -0.25) is 19.7 Å². The third-order valence-corrected chi connectivity index (χ3v) is 5.99. The van der Waals surface area contributed by atoms with Crippen LogP contribution in [-0.4, -0.2) is 49.1 Å². The van der Waals surface area contributed by atoms with Crippen LogP contribution in [0.3, 0.4) is 0 Å². The topological polar surface area (TPSA) is 139 Å². The molecule has 0 spiro atoms. The zero-order chi connectivity index (χ0) is 21.2. The first-order valence-corrected chi connectivity index (χ1v) is 9.75. The van der Waals surface area contributed by atoms with E-state index in [4.69, 9.17) is 0 Å². The summed E-state index contributed by atoms with van der Waals surface area (Å²) in [6.07, 6.45) is 0. The second-order valence-electron chi connectivity index (χ2n) is 6.09. The number of benzene rings is 2. The van der Waals surface area contributed by atoms with Crippen molar-refractivity contribution in [1.82, 2.24) is 9.62 Å². The number of carbonyl (C=O) groups excluding carboxylic acids is 2. The second-order valence-corrected chi connectivity index (χ2v) is 8.03. The summed E-state index contributed by atoms with van der Waals surface area (Å²) in [7, 11) is -4.02. The summed E-state index contributed by atoms with van der Waals surface area (Å²) in [4.78, 5) is 33.8. The maximum Gasteiger partial charge on any atom is 0.271 e. The van der Waals surface area contributed by atoms with Crippen LogP contribution in [0.4, 0.5) is 15.8 Å². The summed E-state index contributed by atoms with van der Waals surface area (Å²) in [5.41, 5.74) is -0.926. The number of halogens is 1. The number of hydrogen-bond donors (Lipinski definition) is 2. The van der Waals surface area contributed by atoms with E-state index in [0.29, 0.717) is 0 Å². The third-order valence-electron chi connectivity index (χ3n) is 4.15. The molecule has 2 aromatic rings. The molecule has 0 saturated carbocycles. The van der Waals surface area contributed by atoms with Gasteiger partial charge in [0, 0.05) is 30.8 Å². The molecule has 0 radical (unpaired) electrons. The number of nitrogens with zero attached hydrogens (tertiary/aromatic N) is 2. The van der Waals surface area contributed by atoms with Crippen molar-refractivity contribution in [1.29, 1.82) is 0 Å². The van der Waals surface area contributed by atoms with Crippen LogP contribution >= 0.6 is 0 Å². The smallest absolute Gasteiger partial charge is 0.271 e. The van der Waals surface area contributed by atoms with Gasteiger partial charge in [-0.2, -0.15) is 4.31 Å². The number of non-ortho nitro benzene ring substituents is 1. The molecule has 0 aromatic heterocycles. The first-order valence-electron chi connectivity index (χ1n) is 8.30. The van der Waals surface area contributed by atoms with E-state index < -0.39 is 44.0 Å². The molecule has 0 unspecified atom stereocenters. The lowest BCUT2D eigenvalue weighted by molar-refractivity contribution is -0.384. The molecule has 2 aromatic carbocycles. The number of hydrogen-bond acceptors (Lipinski definition) is 6. The number of nitro groups is 1. The van der Waals surface area contributed by atoms with Gasteiger partial charge in [0.1, 0.15) is 5.82 Å². The number of amides is 2. The third kappa shape index (κ3) is 4.38. The number of nitro benzene ring substituents is 1. The number of nitrogens with one attached hydrogen (secondary N) is 2. The van der Waals surface area contributed by atoms with Crippen LogP contribution in [0.2, 0.25) is 0 Å². The van der Waals surface area contributed by atoms with Gasteiger partial charge in [0.25, 0.3) is 11.6 Å². The monoisotopic (exact) mass is 422 g/mol. The van der Waals surface area contributed by atoms with Crippen LogP contribution in [0.5, 0.6) is 0 Å². The van der Waals surface area contributed by atoms with E-state index >= 15 is 0 Å². The van der Waals surface area contributed by atoms with Crippen LogP contribution in [0.15, 0.2) is 47.4 Å². The first kappa shape index (κ1) is 20.4. The maximum absolute atomic E-state index is 13.9. The fourth-order valence-electron chi connectivity index (χ4n) is 2.68. The summed E-state index contributed by atoms with van der Waals surface area (Å²) in [6, 6.07) is 7.66. The van der Waals surface area contributed by atoms with Crippen molar-refractivity contribution < 1.29 is 27.3 Å². The molecule has 1 saturated heterocycles. The Bertz CT molecular complexity index is 1100. The zero-order valence-corrected chi connectivity index (χ0v) is 15.6. The number of sulfonamides is 1. The fraction of sp³-hybridized carbons (Fsp3) is 0.176. The Morgan fingerprint density at radius 3 is 2.69 bits per heavy atom. The molecular formula is C17H15FN4O6S. The molecule has 2 amide bonds. The predicted molar refractivity (Wildman–Crippen MR) is 99.2 cm³/mol. The van der Waals surface area contributed by atoms with Crippen LogP contribution in [0, 0.1) is 15.9 Å². The molecule has 10 nitrogen and oxygen atoms in total. The highest BCUT2D eigenvalue weighted by atomic mass is 32.2. The molecule has 0 bridgehead atoms. The summed E-state index contributed by atoms with van der Waals surface area (Å²) < 4.78 is 40.3. The molecule has 2 N–H and O–H groups in total. The minimum Gasteiger partial charge on any atom is -0.354 e. The quantitative estimate of drug-likeness (QED) is 0.547. The van der Waals surface area contributed by atoms with Gasteiger partial charge in [-0.1, -0.05) is 6.07 Å². The molecule has 12 heteroatoms. The van der Waals surface area contributed by atoms with E-state index in [9.17, 15) is 32.5 Å². The van der Waals surface area contributed by atoms with Crippen molar-refractivity contribution in [2.24, 2.45) is 0 Å². The van der Waals surface area contributed by atoms with Gasteiger partial charge in [-0.25, -0.2) is 12.8 Å². The van der Waals surface area contributed by atoms with Gasteiger partial charge in [-0.15, -0.1) is 0 Å². The van der Waals surface area contributed by atoms with Crippen molar-refractivity contribution in [3.63, 3.8) is 0 Å². The SMILES string of the molecule is O=C1CN(S(=O)(=O)c2cccc(C(=O)Nc3cc([N+](=O)[O-])ccc3F)c2)CCN1. The first-order chi connectivity index (χ1) is 13.7. The Balaban J connectivity index is 1.86.